The molecule has 0 unspecified atom stereocenters. The summed E-state index contributed by atoms with van der Waals surface area (Å²) in [5.74, 6) is -0.720. The van der Waals surface area contributed by atoms with Gasteiger partial charge in [0.15, 0.2) is 5.78 Å². The van der Waals surface area contributed by atoms with Gasteiger partial charge in [-0.25, -0.2) is 0 Å². The maximum atomic E-state index is 11.4. The summed E-state index contributed by atoms with van der Waals surface area (Å²) in [4.78, 5) is 22.5. The Morgan fingerprint density at radius 1 is 1.57 bits per heavy atom. The van der Waals surface area contributed by atoms with E-state index in [0.717, 1.165) is 12.8 Å². The molecule has 1 atom stereocenters. The van der Waals surface area contributed by atoms with Crippen LogP contribution in [-0.2, 0) is 14.3 Å². The third-order valence-corrected chi connectivity index (χ3v) is 2.51. The molecular formula is C10H16O4. The quantitative estimate of drug-likeness (QED) is 0.685. The molecule has 0 saturated heterocycles. The molecule has 4 heteroatoms. The largest absolute Gasteiger partial charge is 0.466 e. The van der Waals surface area contributed by atoms with Crippen LogP contribution in [0.15, 0.2) is 0 Å². The van der Waals surface area contributed by atoms with Gasteiger partial charge >= 0.3 is 5.97 Å². The fraction of sp³-hybridized carbons (Fsp3) is 0.800. The van der Waals surface area contributed by atoms with Crippen molar-refractivity contribution in [2.45, 2.75) is 44.6 Å². The van der Waals surface area contributed by atoms with Crippen LogP contribution in [0.5, 0.6) is 0 Å². The lowest BCUT2D eigenvalue weighted by Gasteiger charge is -2.29. The van der Waals surface area contributed by atoms with Crippen molar-refractivity contribution in [1.29, 1.82) is 0 Å². The molecule has 1 rings (SSSR count). The van der Waals surface area contributed by atoms with Gasteiger partial charge in [-0.3, -0.25) is 9.59 Å². The normalized spacial score (nSPS) is 27.4. The van der Waals surface area contributed by atoms with Crippen LogP contribution in [-0.4, -0.2) is 29.1 Å². The Balaban J connectivity index is 2.55. The molecule has 0 aromatic heterocycles. The highest BCUT2D eigenvalue weighted by Crippen LogP contribution is 2.28. The van der Waals surface area contributed by atoms with Gasteiger partial charge in [-0.1, -0.05) is 0 Å². The number of aliphatic hydroxyl groups is 1. The predicted octanol–water partition coefficient (Wildman–Crippen LogP) is 0.814. The van der Waals surface area contributed by atoms with Crippen LogP contribution in [0.3, 0.4) is 0 Å². The summed E-state index contributed by atoms with van der Waals surface area (Å²) in [6, 6.07) is 0. The van der Waals surface area contributed by atoms with E-state index >= 15 is 0 Å². The molecule has 0 heterocycles. The van der Waals surface area contributed by atoms with Crippen molar-refractivity contribution in [2.24, 2.45) is 0 Å². The van der Waals surface area contributed by atoms with Gasteiger partial charge in [-0.15, -0.1) is 0 Å². The van der Waals surface area contributed by atoms with Gasteiger partial charge in [0.25, 0.3) is 0 Å². The van der Waals surface area contributed by atoms with Gasteiger partial charge in [0, 0.05) is 6.42 Å². The molecule has 0 aromatic carbocycles. The van der Waals surface area contributed by atoms with E-state index in [1.807, 2.05) is 0 Å². The summed E-state index contributed by atoms with van der Waals surface area (Å²) in [7, 11) is 0. The van der Waals surface area contributed by atoms with Crippen LogP contribution in [0, 0.1) is 0 Å². The summed E-state index contributed by atoms with van der Waals surface area (Å²) in [5.41, 5.74) is -1.45. The summed E-state index contributed by atoms with van der Waals surface area (Å²) >= 11 is 0. The Kier molecular flexibility index (Phi) is 3.63. The highest BCUT2D eigenvalue weighted by atomic mass is 16.5. The van der Waals surface area contributed by atoms with E-state index in [0.29, 0.717) is 12.8 Å². The van der Waals surface area contributed by atoms with Crippen molar-refractivity contribution in [3.8, 4) is 0 Å². The van der Waals surface area contributed by atoms with Gasteiger partial charge in [0.2, 0.25) is 0 Å². The van der Waals surface area contributed by atoms with Crippen molar-refractivity contribution < 1.29 is 19.4 Å². The second-order valence-electron chi connectivity index (χ2n) is 3.64. The highest BCUT2D eigenvalue weighted by molar-refractivity contribution is 5.91. The van der Waals surface area contributed by atoms with E-state index in [2.05, 4.69) is 0 Å². The number of esters is 1. The number of carbonyl (C=O) groups excluding carboxylic acids is 2. The van der Waals surface area contributed by atoms with Crippen LogP contribution < -0.4 is 0 Å². The SMILES string of the molecule is CCOC(=O)C[C@@]1(O)CCCCC1=O. The van der Waals surface area contributed by atoms with Crippen molar-refractivity contribution in [1.82, 2.24) is 0 Å². The maximum Gasteiger partial charge on any atom is 0.309 e. The molecule has 0 aliphatic heterocycles. The lowest BCUT2D eigenvalue weighted by Crippen LogP contribution is -2.43. The van der Waals surface area contributed by atoms with E-state index in [9.17, 15) is 14.7 Å². The first kappa shape index (κ1) is 11.2. The molecule has 14 heavy (non-hydrogen) atoms. The van der Waals surface area contributed by atoms with Gasteiger partial charge in [-0.2, -0.15) is 0 Å². The molecular weight excluding hydrogens is 184 g/mol. The second kappa shape index (κ2) is 4.55. The Labute approximate surface area is 83.2 Å². The third kappa shape index (κ3) is 2.54. The summed E-state index contributed by atoms with van der Waals surface area (Å²) in [5, 5.41) is 9.89. The molecule has 0 aromatic rings. The Morgan fingerprint density at radius 3 is 2.86 bits per heavy atom. The molecule has 4 nitrogen and oxygen atoms in total. The van der Waals surface area contributed by atoms with E-state index in [4.69, 9.17) is 4.74 Å². The zero-order chi connectivity index (χ0) is 10.6. The lowest BCUT2D eigenvalue weighted by atomic mass is 9.81. The van der Waals surface area contributed by atoms with Crippen molar-refractivity contribution in [3.05, 3.63) is 0 Å². The second-order valence-corrected chi connectivity index (χ2v) is 3.64. The van der Waals surface area contributed by atoms with E-state index in [1.165, 1.54) is 0 Å². The van der Waals surface area contributed by atoms with Crippen molar-refractivity contribution in [2.75, 3.05) is 6.61 Å². The summed E-state index contributed by atoms with van der Waals surface area (Å²) < 4.78 is 4.71. The molecule has 0 bridgehead atoms. The molecule has 1 aliphatic rings. The molecule has 0 radical (unpaired) electrons. The summed E-state index contributed by atoms with van der Waals surface area (Å²) in [6.45, 7) is 1.98. The Hall–Kier alpha value is -0.900. The standard InChI is InChI=1S/C10H16O4/c1-2-14-9(12)7-10(13)6-4-3-5-8(10)11/h13H,2-7H2,1H3/t10-/m0/s1. The average molecular weight is 200 g/mol. The fourth-order valence-corrected chi connectivity index (χ4v) is 1.71. The first-order valence-corrected chi connectivity index (χ1v) is 5.00. The zero-order valence-electron chi connectivity index (χ0n) is 8.41. The van der Waals surface area contributed by atoms with Gasteiger partial charge in [0.05, 0.1) is 13.0 Å². The number of hydrogen-bond acceptors (Lipinski definition) is 4. The maximum absolute atomic E-state index is 11.4. The first-order valence-electron chi connectivity index (χ1n) is 5.00. The topological polar surface area (TPSA) is 63.6 Å². The molecule has 80 valence electrons. The molecule has 0 spiro atoms. The third-order valence-electron chi connectivity index (χ3n) is 2.51. The number of carbonyl (C=O) groups is 2. The minimum atomic E-state index is -1.45. The highest BCUT2D eigenvalue weighted by Gasteiger charge is 2.39. The predicted molar refractivity (Wildman–Crippen MR) is 49.7 cm³/mol. The van der Waals surface area contributed by atoms with E-state index in [-0.39, 0.29) is 18.8 Å². The minimum Gasteiger partial charge on any atom is -0.466 e. The average Bonchev–Trinajstić information content (AvgIpc) is 2.10. The molecule has 1 fully saturated rings. The molecule has 1 aliphatic carbocycles. The van der Waals surface area contributed by atoms with Gasteiger partial charge < -0.3 is 9.84 Å². The number of rotatable bonds is 3. The van der Waals surface area contributed by atoms with E-state index in [1.54, 1.807) is 6.92 Å². The Morgan fingerprint density at radius 2 is 2.29 bits per heavy atom. The van der Waals surface area contributed by atoms with Crippen LogP contribution in [0.4, 0.5) is 0 Å². The molecule has 0 amide bonds. The van der Waals surface area contributed by atoms with Crippen molar-refractivity contribution >= 4 is 11.8 Å². The number of Topliss-reactive ketones (excluding diaryl/α,β-unsaturated/α-hetero) is 1. The van der Waals surface area contributed by atoms with Crippen LogP contribution in [0.25, 0.3) is 0 Å². The smallest absolute Gasteiger partial charge is 0.309 e. The first-order chi connectivity index (χ1) is 6.58. The number of ether oxygens (including phenoxy) is 1. The van der Waals surface area contributed by atoms with E-state index < -0.39 is 11.6 Å². The fourth-order valence-electron chi connectivity index (χ4n) is 1.71. The Bertz CT molecular complexity index is 236. The zero-order valence-corrected chi connectivity index (χ0v) is 8.41. The monoisotopic (exact) mass is 200 g/mol. The summed E-state index contributed by atoms with van der Waals surface area (Å²) in [6.07, 6.45) is 2.16. The van der Waals surface area contributed by atoms with Crippen LogP contribution in [0.1, 0.15) is 39.0 Å². The number of ketones is 1. The molecule has 1 saturated carbocycles. The minimum absolute atomic E-state index is 0.195. The van der Waals surface area contributed by atoms with Crippen LogP contribution >= 0.6 is 0 Å². The van der Waals surface area contributed by atoms with Gasteiger partial charge in [0.1, 0.15) is 5.60 Å². The molecule has 1 N–H and O–H groups in total. The van der Waals surface area contributed by atoms with Crippen molar-refractivity contribution in [3.63, 3.8) is 0 Å². The van der Waals surface area contributed by atoms with Crippen LogP contribution in [0.2, 0.25) is 0 Å². The van der Waals surface area contributed by atoms with Gasteiger partial charge in [-0.05, 0) is 26.2 Å². The number of hydrogen-bond donors (Lipinski definition) is 1. The lowest BCUT2D eigenvalue weighted by molar-refractivity contribution is -0.157.